The highest BCUT2D eigenvalue weighted by Crippen LogP contribution is 2.22. The van der Waals surface area contributed by atoms with Crippen molar-refractivity contribution in [3.8, 4) is 6.07 Å². The van der Waals surface area contributed by atoms with Gasteiger partial charge in [0.1, 0.15) is 5.82 Å². The van der Waals surface area contributed by atoms with Gasteiger partial charge in [0.05, 0.1) is 17.2 Å². The summed E-state index contributed by atoms with van der Waals surface area (Å²) in [7, 11) is 1.80. The first-order valence-electron chi connectivity index (χ1n) is 5.55. The predicted molar refractivity (Wildman–Crippen MR) is 70.4 cm³/mol. The average Bonchev–Trinajstić information content (AvgIpc) is 2.46. The predicted octanol–water partition coefficient (Wildman–Crippen LogP) is 2.42. The fraction of sp³-hybridized carbons (Fsp3) is 0.0714. The highest BCUT2D eigenvalue weighted by atomic mass is 16.4. The van der Waals surface area contributed by atoms with Crippen LogP contribution in [0.4, 0.5) is 11.5 Å². The van der Waals surface area contributed by atoms with Crippen molar-refractivity contribution in [1.82, 2.24) is 4.98 Å². The van der Waals surface area contributed by atoms with Crippen LogP contribution in [-0.4, -0.2) is 23.1 Å². The fourth-order valence-corrected chi connectivity index (χ4v) is 1.63. The van der Waals surface area contributed by atoms with E-state index in [1.807, 2.05) is 0 Å². The van der Waals surface area contributed by atoms with Gasteiger partial charge in [0.25, 0.3) is 0 Å². The van der Waals surface area contributed by atoms with Crippen molar-refractivity contribution in [2.75, 3.05) is 11.9 Å². The summed E-state index contributed by atoms with van der Waals surface area (Å²) in [4.78, 5) is 16.7. The lowest BCUT2D eigenvalue weighted by atomic mass is 10.2. The summed E-state index contributed by atoms with van der Waals surface area (Å²) in [5, 5.41) is 17.7. The first kappa shape index (κ1) is 12.6. The molecule has 1 aromatic heterocycles. The smallest absolute Gasteiger partial charge is 0.335 e. The molecule has 2 aromatic rings. The van der Waals surface area contributed by atoms with E-state index in [0.29, 0.717) is 11.4 Å². The van der Waals surface area contributed by atoms with Crippen LogP contribution in [0, 0.1) is 11.3 Å². The molecule has 0 amide bonds. The number of hydrogen-bond acceptors (Lipinski definition) is 4. The van der Waals surface area contributed by atoms with Crippen LogP contribution in [0.2, 0.25) is 0 Å². The SMILES string of the molecule is CN(c1ccc(C(=O)O)cc1)c1cc(C#N)ccn1. The van der Waals surface area contributed by atoms with Crippen LogP contribution >= 0.6 is 0 Å². The van der Waals surface area contributed by atoms with Crippen LogP contribution in [0.25, 0.3) is 0 Å². The minimum absolute atomic E-state index is 0.232. The molecule has 1 aromatic carbocycles. The molecule has 0 saturated carbocycles. The number of rotatable bonds is 3. The van der Waals surface area contributed by atoms with E-state index in [2.05, 4.69) is 11.1 Å². The van der Waals surface area contributed by atoms with Crippen LogP contribution in [0.5, 0.6) is 0 Å². The molecule has 1 heterocycles. The highest BCUT2D eigenvalue weighted by molar-refractivity contribution is 5.88. The second kappa shape index (κ2) is 5.19. The maximum atomic E-state index is 10.8. The van der Waals surface area contributed by atoms with Crippen molar-refractivity contribution in [2.24, 2.45) is 0 Å². The third-order valence-electron chi connectivity index (χ3n) is 2.72. The number of hydrogen-bond donors (Lipinski definition) is 1. The van der Waals surface area contributed by atoms with Crippen LogP contribution in [-0.2, 0) is 0 Å². The molecule has 0 spiro atoms. The molecule has 5 nitrogen and oxygen atoms in total. The Balaban J connectivity index is 2.30. The molecule has 0 aliphatic heterocycles. The molecule has 94 valence electrons. The Labute approximate surface area is 110 Å². The van der Waals surface area contributed by atoms with Crippen LogP contribution < -0.4 is 4.90 Å². The Kier molecular flexibility index (Phi) is 3.44. The number of aromatic nitrogens is 1. The van der Waals surface area contributed by atoms with Gasteiger partial charge in [-0.2, -0.15) is 5.26 Å². The Morgan fingerprint density at radius 1 is 1.32 bits per heavy atom. The zero-order chi connectivity index (χ0) is 13.8. The van der Waals surface area contributed by atoms with Crippen LogP contribution in [0.1, 0.15) is 15.9 Å². The molecule has 0 aliphatic rings. The second-order valence-electron chi connectivity index (χ2n) is 3.93. The largest absolute Gasteiger partial charge is 0.478 e. The van der Waals surface area contributed by atoms with Crippen molar-refractivity contribution < 1.29 is 9.90 Å². The summed E-state index contributed by atoms with van der Waals surface area (Å²) < 4.78 is 0. The number of carbonyl (C=O) groups is 1. The van der Waals surface area contributed by atoms with E-state index < -0.39 is 5.97 Å². The van der Waals surface area contributed by atoms with Crippen molar-refractivity contribution in [1.29, 1.82) is 5.26 Å². The molecule has 0 aliphatic carbocycles. The molecule has 0 radical (unpaired) electrons. The number of carboxylic acids is 1. The topological polar surface area (TPSA) is 77.2 Å². The lowest BCUT2D eigenvalue weighted by molar-refractivity contribution is 0.0697. The fourth-order valence-electron chi connectivity index (χ4n) is 1.63. The van der Waals surface area contributed by atoms with E-state index in [1.54, 1.807) is 42.4 Å². The van der Waals surface area contributed by atoms with Gasteiger partial charge in [-0.3, -0.25) is 0 Å². The van der Waals surface area contributed by atoms with Gasteiger partial charge < -0.3 is 10.0 Å². The summed E-state index contributed by atoms with van der Waals surface area (Å²) in [6.07, 6.45) is 1.57. The van der Waals surface area contributed by atoms with Gasteiger partial charge in [-0.25, -0.2) is 9.78 Å². The van der Waals surface area contributed by atoms with E-state index in [1.165, 1.54) is 12.1 Å². The Morgan fingerprint density at radius 3 is 2.58 bits per heavy atom. The molecule has 0 unspecified atom stereocenters. The lowest BCUT2D eigenvalue weighted by Gasteiger charge is -2.18. The Morgan fingerprint density at radius 2 is 2.00 bits per heavy atom. The average molecular weight is 253 g/mol. The summed E-state index contributed by atoms with van der Waals surface area (Å²) in [5.74, 6) is -0.332. The Hall–Kier alpha value is -2.87. The monoisotopic (exact) mass is 253 g/mol. The number of pyridine rings is 1. The van der Waals surface area contributed by atoms with Gasteiger partial charge in [-0.05, 0) is 36.4 Å². The minimum atomic E-state index is -0.959. The normalized spacial score (nSPS) is 9.68. The van der Waals surface area contributed by atoms with Gasteiger partial charge >= 0.3 is 5.97 Å². The Bertz CT molecular complexity index is 644. The maximum Gasteiger partial charge on any atom is 0.335 e. The lowest BCUT2D eigenvalue weighted by Crippen LogP contribution is -2.11. The summed E-state index contributed by atoms with van der Waals surface area (Å²) in [6.45, 7) is 0. The quantitative estimate of drug-likeness (QED) is 0.908. The van der Waals surface area contributed by atoms with Gasteiger partial charge in [0.15, 0.2) is 0 Å². The number of nitriles is 1. The molecule has 0 bridgehead atoms. The minimum Gasteiger partial charge on any atom is -0.478 e. The van der Waals surface area contributed by atoms with Gasteiger partial charge in [0, 0.05) is 18.9 Å². The number of nitrogens with zero attached hydrogens (tertiary/aromatic N) is 3. The highest BCUT2D eigenvalue weighted by Gasteiger charge is 2.08. The molecule has 19 heavy (non-hydrogen) atoms. The van der Waals surface area contributed by atoms with Crippen molar-refractivity contribution >= 4 is 17.5 Å². The van der Waals surface area contributed by atoms with Gasteiger partial charge in [0.2, 0.25) is 0 Å². The number of anilines is 2. The van der Waals surface area contributed by atoms with Gasteiger partial charge in [-0.1, -0.05) is 0 Å². The first-order valence-corrected chi connectivity index (χ1v) is 5.55. The zero-order valence-electron chi connectivity index (χ0n) is 10.2. The summed E-state index contributed by atoms with van der Waals surface area (Å²) in [6, 6.07) is 11.8. The summed E-state index contributed by atoms with van der Waals surface area (Å²) >= 11 is 0. The number of carboxylic acid groups (broad SMARTS) is 1. The molecule has 2 rings (SSSR count). The maximum absolute atomic E-state index is 10.8. The molecular weight excluding hydrogens is 242 g/mol. The first-order chi connectivity index (χ1) is 9.11. The van der Waals surface area contributed by atoms with Gasteiger partial charge in [-0.15, -0.1) is 0 Å². The van der Waals surface area contributed by atoms with E-state index >= 15 is 0 Å². The van der Waals surface area contributed by atoms with Crippen molar-refractivity contribution in [3.05, 3.63) is 53.7 Å². The summed E-state index contributed by atoms with van der Waals surface area (Å²) in [5.41, 5.74) is 1.56. The van der Waals surface area contributed by atoms with Crippen LogP contribution in [0.3, 0.4) is 0 Å². The third kappa shape index (κ3) is 2.69. The zero-order valence-corrected chi connectivity index (χ0v) is 10.2. The van der Waals surface area contributed by atoms with E-state index in [0.717, 1.165) is 5.69 Å². The van der Waals surface area contributed by atoms with Crippen molar-refractivity contribution in [2.45, 2.75) is 0 Å². The number of benzene rings is 1. The van der Waals surface area contributed by atoms with E-state index in [-0.39, 0.29) is 5.56 Å². The molecule has 5 heteroatoms. The molecule has 1 N–H and O–H groups in total. The van der Waals surface area contributed by atoms with Crippen molar-refractivity contribution in [3.63, 3.8) is 0 Å². The molecule has 0 fully saturated rings. The van der Waals surface area contributed by atoms with E-state index in [9.17, 15) is 4.79 Å². The third-order valence-corrected chi connectivity index (χ3v) is 2.72. The second-order valence-corrected chi connectivity index (χ2v) is 3.93. The van der Waals surface area contributed by atoms with E-state index in [4.69, 9.17) is 10.4 Å². The molecule has 0 atom stereocenters. The standard InChI is InChI=1S/C14H11N3O2/c1-17(13-8-10(9-15)6-7-16-13)12-4-2-11(3-5-12)14(18)19/h2-8H,1H3,(H,18,19). The molecule has 0 saturated heterocycles. The number of aromatic carboxylic acids is 1. The molecular formula is C14H11N3O2. The van der Waals surface area contributed by atoms with Crippen LogP contribution in [0.15, 0.2) is 42.6 Å².